The molecule has 2 aromatic carbocycles. The second-order valence-electron chi connectivity index (χ2n) is 6.62. The Hall–Kier alpha value is -2.49. The molecule has 1 aliphatic rings. The zero-order valence-corrected chi connectivity index (χ0v) is 18.2. The minimum absolute atomic E-state index is 0.142. The zero-order valence-electron chi connectivity index (χ0n) is 15.8. The van der Waals surface area contributed by atoms with Crippen LogP contribution in [0.25, 0.3) is 0 Å². The SMILES string of the molecule is CCC(NS(=O)(=O)c1cccc2c1C(=O)c1cc(S(N)(=O)=O)ccc1C2=O)S(=O)(=O)O. The van der Waals surface area contributed by atoms with Crippen molar-refractivity contribution in [3.05, 3.63) is 58.7 Å². The summed E-state index contributed by atoms with van der Waals surface area (Å²) in [4.78, 5) is 24.8. The van der Waals surface area contributed by atoms with E-state index in [1.807, 2.05) is 0 Å². The number of nitrogens with one attached hydrogen (secondary N) is 1. The maximum absolute atomic E-state index is 13.1. The molecule has 11 nitrogen and oxygen atoms in total. The number of sulfonamides is 2. The highest BCUT2D eigenvalue weighted by atomic mass is 32.2. The number of fused-ring (bicyclic) bond motifs is 2. The summed E-state index contributed by atoms with van der Waals surface area (Å²) >= 11 is 0. The van der Waals surface area contributed by atoms with Gasteiger partial charge in [0, 0.05) is 16.7 Å². The number of nitrogens with two attached hydrogens (primary N) is 1. The summed E-state index contributed by atoms with van der Waals surface area (Å²) in [7, 11) is -13.7. The second-order valence-corrected chi connectivity index (χ2v) is 11.5. The number of primary sulfonamides is 1. The molecule has 0 spiro atoms. The van der Waals surface area contributed by atoms with Crippen molar-refractivity contribution in [2.75, 3.05) is 0 Å². The molecule has 166 valence electrons. The third-order valence-corrected chi connectivity index (χ3v) is 8.36. The van der Waals surface area contributed by atoms with Crippen LogP contribution in [0.1, 0.15) is 45.2 Å². The highest BCUT2D eigenvalue weighted by molar-refractivity contribution is 7.92. The molecule has 0 radical (unpaired) electrons. The van der Waals surface area contributed by atoms with E-state index in [9.17, 15) is 39.4 Å². The summed E-state index contributed by atoms with van der Waals surface area (Å²) in [6, 6.07) is 6.41. The topological polar surface area (TPSA) is 195 Å². The van der Waals surface area contributed by atoms with Crippen molar-refractivity contribution in [2.45, 2.75) is 28.5 Å². The summed E-state index contributed by atoms with van der Waals surface area (Å²) in [6.45, 7) is 1.31. The molecule has 1 unspecified atom stereocenters. The molecule has 0 aliphatic heterocycles. The molecule has 0 saturated heterocycles. The van der Waals surface area contributed by atoms with Gasteiger partial charge in [0.25, 0.3) is 10.1 Å². The van der Waals surface area contributed by atoms with E-state index in [1.165, 1.54) is 19.1 Å². The van der Waals surface area contributed by atoms with Crippen LogP contribution in [-0.4, -0.2) is 46.7 Å². The molecule has 0 saturated carbocycles. The Morgan fingerprint density at radius 1 is 0.935 bits per heavy atom. The van der Waals surface area contributed by atoms with Crippen LogP contribution in [0.2, 0.25) is 0 Å². The van der Waals surface area contributed by atoms with E-state index >= 15 is 0 Å². The van der Waals surface area contributed by atoms with Crippen LogP contribution in [0.3, 0.4) is 0 Å². The summed E-state index contributed by atoms with van der Waals surface area (Å²) < 4.78 is 82.8. The first-order valence-corrected chi connectivity index (χ1v) is 13.1. The number of hydrogen-bond acceptors (Lipinski definition) is 8. The average Bonchev–Trinajstić information content (AvgIpc) is 2.67. The summed E-state index contributed by atoms with van der Waals surface area (Å²) in [6.07, 6.45) is -0.319. The number of hydrogen-bond donors (Lipinski definition) is 3. The largest absolute Gasteiger partial charge is 0.289 e. The molecule has 4 N–H and O–H groups in total. The maximum atomic E-state index is 13.1. The monoisotopic (exact) mass is 488 g/mol. The first kappa shape index (κ1) is 23.2. The van der Waals surface area contributed by atoms with Gasteiger partial charge in [0.15, 0.2) is 11.6 Å². The van der Waals surface area contributed by atoms with Gasteiger partial charge >= 0.3 is 0 Å². The smallest absolute Gasteiger partial charge is 0.282 e. The van der Waals surface area contributed by atoms with Crippen LogP contribution in [0.15, 0.2) is 46.2 Å². The molecule has 0 bridgehead atoms. The van der Waals surface area contributed by atoms with E-state index < -0.39 is 62.5 Å². The van der Waals surface area contributed by atoms with Crippen LogP contribution >= 0.6 is 0 Å². The average molecular weight is 489 g/mol. The van der Waals surface area contributed by atoms with Gasteiger partial charge in [0.2, 0.25) is 20.0 Å². The molecular formula is C17H16N2O9S3. The van der Waals surface area contributed by atoms with Gasteiger partial charge in [-0.15, -0.1) is 0 Å². The molecule has 1 aliphatic carbocycles. The van der Waals surface area contributed by atoms with E-state index in [0.717, 1.165) is 24.3 Å². The van der Waals surface area contributed by atoms with Gasteiger partial charge in [-0.3, -0.25) is 14.1 Å². The predicted molar refractivity (Wildman–Crippen MR) is 107 cm³/mol. The van der Waals surface area contributed by atoms with Crippen LogP contribution in [0.5, 0.6) is 0 Å². The number of benzene rings is 2. The van der Waals surface area contributed by atoms with Gasteiger partial charge in [-0.25, -0.2) is 22.0 Å². The number of carbonyl (C=O) groups is 2. The van der Waals surface area contributed by atoms with E-state index in [0.29, 0.717) is 0 Å². The third-order valence-electron chi connectivity index (χ3n) is 4.61. The molecule has 1 atom stereocenters. The van der Waals surface area contributed by atoms with Crippen LogP contribution in [0, 0.1) is 0 Å². The third kappa shape index (κ3) is 4.17. The molecule has 0 heterocycles. The maximum Gasteiger partial charge on any atom is 0.282 e. The lowest BCUT2D eigenvalue weighted by Crippen LogP contribution is -2.40. The van der Waals surface area contributed by atoms with E-state index in [2.05, 4.69) is 0 Å². The zero-order chi connectivity index (χ0) is 23.4. The van der Waals surface area contributed by atoms with Crippen LogP contribution < -0.4 is 9.86 Å². The van der Waals surface area contributed by atoms with Gasteiger partial charge in [-0.1, -0.05) is 19.1 Å². The molecule has 0 fully saturated rings. The molecule has 14 heteroatoms. The number of ketones is 2. The minimum atomic E-state index is -4.80. The minimum Gasteiger partial charge on any atom is -0.289 e. The standard InChI is InChI=1S/C17H16N2O9S3/c1-2-14(31(26,27)28)19-30(24,25)13-5-3-4-11-15(13)17(21)12-8-9(29(18,22)23)6-7-10(12)16(11)20/h3-8,14,19H,2H2,1H3,(H2,18,22,23)(H,26,27,28). The highest BCUT2D eigenvalue weighted by Crippen LogP contribution is 2.32. The van der Waals surface area contributed by atoms with E-state index in [4.69, 9.17) is 5.14 Å². The van der Waals surface area contributed by atoms with Crippen molar-refractivity contribution >= 4 is 41.7 Å². The van der Waals surface area contributed by atoms with Crippen molar-refractivity contribution in [1.29, 1.82) is 0 Å². The van der Waals surface area contributed by atoms with Crippen molar-refractivity contribution < 1.29 is 39.4 Å². The lowest BCUT2D eigenvalue weighted by molar-refractivity contribution is 0.0976. The Balaban J connectivity index is 2.22. The van der Waals surface area contributed by atoms with Gasteiger partial charge in [-0.2, -0.15) is 13.1 Å². The Morgan fingerprint density at radius 2 is 1.58 bits per heavy atom. The van der Waals surface area contributed by atoms with E-state index in [-0.39, 0.29) is 23.1 Å². The molecule has 2 aromatic rings. The van der Waals surface area contributed by atoms with Gasteiger partial charge in [0.1, 0.15) is 5.37 Å². The first-order valence-electron chi connectivity index (χ1n) is 8.56. The van der Waals surface area contributed by atoms with Crippen molar-refractivity contribution in [3.63, 3.8) is 0 Å². The van der Waals surface area contributed by atoms with Crippen molar-refractivity contribution in [1.82, 2.24) is 4.72 Å². The molecule has 3 rings (SSSR count). The van der Waals surface area contributed by atoms with Gasteiger partial charge in [-0.05, 0) is 30.7 Å². The summed E-state index contributed by atoms with van der Waals surface area (Å²) in [5, 5.41) is 3.18. The molecule has 31 heavy (non-hydrogen) atoms. The summed E-state index contributed by atoms with van der Waals surface area (Å²) in [5.41, 5.74) is -1.32. The fourth-order valence-corrected chi connectivity index (χ4v) is 6.33. The molecule has 0 aromatic heterocycles. The Bertz CT molecular complexity index is 1440. The fraction of sp³-hybridized carbons (Fsp3) is 0.176. The number of rotatable bonds is 6. The van der Waals surface area contributed by atoms with E-state index in [1.54, 1.807) is 4.72 Å². The summed E-state index contributed by atoms with van der Waals surface area (Å²) in [5.74, 6) is -1.69. The highest BCUT2D eigenvalue weighted by Gasteiger charge is 2.37. The van der Waals surface area contributed by atoms with Crippen molar-refractivity contribution in [3.8, 4) is 0 Å². The normalized spacial score (nSPS) is 15.3. The van der Waals surface area contributed by atoms with Gasteiger partial charge < -0.3 is 0 Å². The second kappa shape index (κ2) is 7.58. The quantitative estimate of drug-likeness (QED) is 0.400. The first-order chi connectivity index (χ1) is 14.2. The van der Waals surface area contributed by atoms with Gasteiger partial charge in [0.05, 0.1) is 15.4 Å². The predicted octanol–water partition coefficient (Wildman–Crippen LogP) is 0.0116. The lowest BCUT2D eigenvalue weighted by atomic mass is 9.84. The molecular weight excluding hydrogens is 472 g/mol. The number of carbonyl (C=O) groups excluding carboxylic acids is 2. The Morgan fingerprint density at radius 3 is 2.13 bits per heavy atom. The van der Waals surface area contributed by atoms with Crippen molar-refractivity contribution in [2.24, 2.45) is 5.14 Å². The lowest BCUT2D eigenvalue weighted by Gasteiger charge is -2.21. The van der Waals surface area contributed by atoms with Crippen LogP contribution in [-0.2, 0) is 30.2 Å². The Labute approximate surface area is 178 Å². The fourth-order valence-electron chi connectivity index (χ4n) is 3.14. The Kier molecular flexibility index (Phi) is 5.67. The van der Waals surface area contributed by atoms with Crippen LogP contribution in [0.4, 0.5) is 0 Å². The molecule has 0 amide bonds.